The normalized spacial score (nSPS) is 11.9. The van der Waals surface area contributed by atoms with Crippen LogP contribution < -0.4 is 5.73 Å². The van der Waals surface area contributed by atoms with Crippen molar-refractivity contribution in [2.24, 2.45) is 5.73 Å². The molecule has 1 nitrogen and oxygen atoms in total. The first-order chi connectivity index (χ1) is 4.27. The van der Waals surface area contributed by atoms with Crippen LogP contribution in [-0.4, -0.2) is 17.5 Å². The van der Waals surface area contributed by atoms with Gasteiger partial charge >= 0.3 is 0 Å². The molecule has 1 atom stereocenters. The molecular formula is C7H13NS. The van der Waals surface area contributed by atoms with Crippen molar-refractivity contribution in [3.8, 4) is 11.8 Å². The summed E-state index contributed by atoms with van der Waals surface area (Å²) in [6.07, 6.45) is 0. The molecule has 0 aromatic heterocycles. The molecule has 0 fully saturated rings. The Kier molecular flexibility index (Phi) is 5.91. The Hall–Kier alpha value is -0.130. The number of thioether (sulfide) groups is 1. The second-order valence-corrected chi connectivity index (χ2v) is 2.95. The van der Waals surface area contributed by atoms with E-state index in [2.05, 4.69) is 11.8 Å². The average molecular weight is 143 g/mol. The van der Waals surface area contributed by atoms with Crippen LogP contribution in [0.5, 0.6) is 0 Å². The SMILES string of the molecule is CC#CCSCC(C)N. The zero-order valence-electron chi connectivity index (χ0n) is 5.98. The van der Waals surface area contributed by atoms with Crippen LogP contribution in [0.2, 0.25) is 0 Å². The van der Waals surface area contributed by atoms with Crippen LogP contribution in [0.3, 0.4) is 0 Å². The Labute approximate surface area is 61.4 Å². The zero-order valence-corrected chi connectivity index (χ0v) is 6.79. The number of hydrogen-bond donors (Lipinski definition) is 1. The van der Waals surface area contributed by atoms with E-state index in [0.29, 0.717) is 6.04 Å². The first-order valence-corrected chi connectivity index (χ1v) is 4.15. The molecule has 1 unspecified atom stereocenters. The molecule has 0 spiro atoms. The van der Waals surface area contributed by atoms with Crippen LogP contribution in [0.1, 0.15) is 13.8 Å². The molecule has 2 heteroatoms. The van der Waals surface area contributed by atoms with Gasteiger partial charge in [0.25, 0.3) is 0 Å². The van der Waals surface area contributed by atoms with Gasteiger partial charge in [-0.15, -0.1) is 17.7 Å². The van der Waals surface area contributed by atoms with Crippen LogP contribution in [0.4, 0.5) is 0 Å². The lowest BCUT2D eigenvalue weighted by Gasteiger charge is -1.99. The van der Waals surface area contributed by atoms with Gasteiger partial charge in [0.05, 0.1) is 5.75 Å². The maximum atomic E-state index is 5.51. The van der Waals surface area contributed by atoms with E-state index in [1.165, 1.54) is 0 Å². The third kappa shape index (κ3) is 7.87. The second kappa shape index (κ2) is 6.00. The van der Waals surface area contributed by atoms with Crippen molar-refractivity contribution in [2.45, 2.75) is 19.9 Å². The van der Waals surface area contributed by atoms with Gasteiger partial charge in [-0.05, 0) is 13.8 Å². The molecule has 2 N–H and O–H groups in total. The Morgan fingerprint density at radius 2 is 2.33 bits per heavy atom. The van der Waals surface area contributed by atoms with Gasteiger partial charge in [0.1, 0.15) is 0 Å². The third-order valence-corrected chi connectivity index (χ3v) is 1.84. The third-order valence-electron chi connectivity index (χ3n) is 0.732. The van der Waals surface area contributed by atoms with Crippen molar-refractivity contribution in [2.75, 3.05) is 11.5 Å². The maximum Gasteiger partial charge on any atom is 0.0547 e. The van der Waals surface area contributed by atoms with Crippen LogP contribution in [-0.2, 0) is 0 Å². The zero-order chi connectivity index (χ0) is 7.11. The number of hydrogen-bond acceptors (Lipinski definition) is 2. The summed E-state index contributed by atoms with van der Waals surface area (Å²) in [7, 11) is 0. The molecule has 9 heavy (non-hydrogen) atoms. The number of nitrogens with two attached hydrogens (primary N) is 1. The van der Waals surface area contributed by atoms with Crippen LogP contribution >= 0.6 is 11.8 Å². The smallest absolute Gasteiger partial charge is 0.0547 e. The summed E-state index contributed by atoms with van der Waals surface area (Å²) in [4.78, 5) is 0. The number of rotatable bonds is 3. The molecule has 0 saturated carbocycles. The average Bonchev–Trinajstić information content (AvgIpc) is 1.80. The highest BCUT2D eigenvalue weighted by molar-refractivity contribution is 7.99. The minimum atomic E-state index is 0.300. The van der Waals surface area contributed by atoms with E-state index in [1.54, 1.807) is 11.8 Å². The molecule has 0 bridgehead atoms. The van der Waals surface area contributed by atoms with Crippen molar-refractivity contribution in [1.82, 2.24) is 0 Å². The summed E-state index contributed by atoms with van der Waals surface area (Å²) in [6.45, 7) is 3.86. The molecular weight excluding hydrogens is 130 g/mol. The minimum absolute atomic E-state index is 0.300. The van der Waals surface area contributed by atoms with Crippen molar-refractivity contribution < 1.29 is 0 Å². The first kappa shape index (κ1) is 8.87. The van der Waals surface area contributed by atoms with E-state index in [1.807, 2.05) is 13.8 Å². The molecule has 0 amide bonds. The summed E-state index contributed by atoms with van der Waals surface area (Å²) in [5.41, 5.74) is 5.51. The van der Waals surface area contributed by atoms with E-state index in [9.17, 15) is 0 Å². The lowest BCUT2D eigenvalue weighted by atomic mass is 10.4. The minimum Gasteiger partial charge on any atom is -0.327 e. The van der Waals surface area contributed by atoms with E-state index in [0.717, 1.165) is 11.5 Å². The molecule has 0 saturated heterocycles. The standard InChI is InChI=1S/C7H13NS/c1-3-4-5-9-6-7(2)8/h7H,5-6,8H2,1-2H3. The van der Waals surface area contributed by atoms with E-state index in [-0.39, 0.29) is 0 Å². The Bertz CT molecular complexity index is 110. The summed E-state index contributed by atoms with van der Waals surface area (Å²) < 4.78 is 0. The fourth-order valence-electron chi connectivity index (χ4n) is 0.368. The maximum absolute atomic E-state index is 5.51. The highest BCUT2D eigenvalue weighted by Gasteiger charge is 1.90. The largest absolute Gasteiger partial charge is 0.327 e. The molecule has 52 valence electrons. The fourth-order valence-corrected chi connectivity index (χ4v) is 1.10. The van der Waals surface area contributed by atoms with Gasteiger partial charge in [0.2, 0.25) is 0 Å². The predicted octanol–water partition coefficient (Wildman–Crippen LogP) is 1.09. The molecule has 0 heterocycles. The van der Waals surface area contributed by atoms with Gasteiger partial charge in [-0.2, -0.15) is 0 Å². The Balaban J connectivity index is 2.98. The summed E-state index contributed by atoms with van der Waals surface area (Å²) >= 11 is 1.79. The molecule has 0 aliphatic carbocycles. The van der Waals surface area contributed by atoms with Gasteiger partial charge < -0.3 is 5.73 Å². The molecule has 0 aromatic carbocycles. The van der Waals surface area contributed by atoms with E-state index in [4.69, 9.17) is 5.73 Å². The summed E-state index contributed by atoms with van der Waals surface area (Å²) in [5.74, 6) is 7.71. The highest BCUT2D eigenvalue weighted by Crippen LogP contribution is 1.98. The second-order valence-electron chi connectivity index (χ2n) is 1.92. The van der Waals surface area contributed by atoms with Crippen molar-refractivity contribution in [3.63, 3.8) is 0 Å². The van der Waals surface area contributed by atoms with Gasteiger partial charge in [-0.1, -0.05) is 5.92 Å². The molecule has 0 aliphatic rings. The summed E-state index contributed by atoms with van der Waals surface area (Å²) in [6, 6.07) is 0.300. The fraction of sp³-hybridized carbons (Fsp3) is 0.714. The van der Waals surface area contributed by atoms with Gasteiger partial charge in [-0.25, -0.2) is 0 Å². The lowest BCUT2D eigenvalue weighted by Crippen LogP contribution is -2.17. The predicted molar refractivity (Wildman–Crippen MR) is 44.4 cm³/mol. The van der Waals surface area contributed by atoms with E-state index < -0.39 is 0 Å². The quantitative estimate of drug-likeness (QED) is 0.473. The van der Waals surface area contributed by atoms with Crippen molar-refractivity contribution in [1.29, 1.82) is 0 Å². The van der Waals surface area contributed by atoms with Crippen molar-refractivity contribution >= 4 is 11.8 Å². The first-order valence-electron chi connectivity index (χ1n) is 3.00. The highest BCUT2D eigenvalue weighted by atomic mass is 32.2. The van der Waals surface area contributed by atoms with Gasteiger partial charge in [0.15, 0.2) is 0 Å². The monoisotopic (exact) mass is 143 g/mol. The van der Waals surface area contributed by atoms with Crippen LogP contribution in [0, 0.1) is 11.8 Å². The van der Waals surface area contributed by atoms with E-state index >= 15 is 0 Å². The topological polar surface area (TPSA) is 26.0 Å². The Morgan fingerprint density at radius 1 is 1.67 bits per heavy atom. The van der Waals surface area contributed by atoms with Gasteiger partial charge in [0, 0.05) is 11.8 Å². The summed E-state index contributed by atoms with van der Waals surface area (Å²) in [5, 5.41) is 0. The van der Waals surface area contributed by atoms with Crippen LogP contribution in [0.15, 0.2) is 0 Å². The van der Waals surface area contributed by atoms with Crippen LogP contribution in [0.25, 0.3) is 0 Å². The molecule has 0 aromatic rings. The Morgan fingerprint density at radius 3 is 2.78 bits per heavy atom. The molecule has 0 rings (SSSR count). The van der Waals surface area contributed by atoms with Gasteiger partial charge in [-0.3, -0.25) is 0 Å². The lowest BCUT2D eigenvalue weighted by molar-refractivity contribution is 0.848. The molecule has 0 radical (unpaired) electrons. The molecule has 0 aliphatic heterocycles. The van der Waals surface area contributed by atoms with Crippen molar-refractivity contribution in [3.05, 3.63) is 0 Å².